The second-order valence-electron chi connectivity index (χ2n) is 11.4. The maximum absolute atomic E-state index is 12.9. The van der Waals surface area contributed by atoms with Crippen molar-refractivity contribution in [3.8, 4) is 5.75 Å². The summed E-state index contributed by atoms with van der Waals surface area (Å²) in [5.41, 5.74) is 4.25. The smallest absolute Gasteiger partial charge is 0.320 e. The molecule has 0 unspecified atom stereocenters. The fraction of sp³-hybridized carbons (Fsp3) is 0.429. The third-order valence-electron chi connectivity index (χ3n) is 8.09. The molecule has 1 aliphatic rings. The minimum absolute atomic E-state index is 0.178. The van der Waals surface area contributed by atoms with Crippen molar-refractivity contribution in [3.05, 3.63) is 94.8 Å². The van der Waals surface area contributed by atoms with E-state index in [9.17, 15) is 4.79 Å². The first-order chi connectivity index (χ1) is 21.0. The molecule has 0 radical (unpaired) electrons. The molecule has 1 aromatic heterocycles. The molecular formula is C35H43ClN4O3. The number of fused-ring (bicyclic) bond motifs is 1. The second-order valence-corrected chi connectivity index (χ2v) is 11.8. The molecule has 0 amide bonds. The predicted octanol–water partition coefficient (Wildman–Crippen LogP) is 6.89. The zero-order valence-corrected chi connectivity index (χ0v) is 26.0. The summed E-state index contributed by atoms with van der Waals surface area (Å²) in [4.78, 5) is 22.7. The third-order valence-corrected chi connectivity index (χ3v) is 8.34. The highest BCUT2D eigenvalue weighted by molar-refractivity contribution is 6.30. The van der Waals surface area contributed by atoms with E-state index >= 15 is 0 Å². The molecule has 0 saturated carbocycles. The van der Waals surface area contributed by atoms with Crippen LogP contribution in [0.2, 0.25) is 5.02 Å². The molecule has 0 bridgehead atoms. The highest BCUT2D eigenvalue weighted by Gasteiger charge is 2.17. The van der Waals surface area contributed by atoms with Crippen LogP contribution in [0.3, 0.4) is 0 Å². The Morgan fingerprint density at radius 2 is 1.63 bits per heavy atom. The molecule has 0 atom stereocenters. The Morgan fingerprint density at radius 1 is 0.884 bits per heavy atom. The highest BCUT2D eigenvalue weighted by Crippen LogP contribution is 2.23. The van der Waals surface area contributed by atoms with Gasteiger partial charge in [-0.15, -0.1) is 0 Å². The van der Waals surface area contributed by atoms with E-state index in [2.05, 4.69) is 39.5 Å². The number of esters is 1. The lowest BCUT2D eigenvalue weighted by molar-refractivity contribution is -0.146. The molecule has 0 aliphatic carbocycles. The minimum atomic E-state index is -0.178. The van der Waals surface area contributed by atoms with Gasteiger partial charge in [0.1, 0.15) is 24.8 Å². The lowest BCUT2D eigenvalue weighted by atomic mass is 10.1. The number of aromatic nitrogens is 2. The lowest BCUT2D eigenvalue weighted by Crippen LogP contribution is -2.36. The van der Waals surface area contributed by atoms with Crippen molar-refractivity contribution in [3.63, 3.8) is 0 Å². The van der Waals surface area contributed by atoms with Gasteiger partial charge in [0.05, 0.1) is 17.6 Å². The first kappa shape index (κ1) is 31.0. The number of hydrogen-bond acceptors (Lipinski definition) is 6. The van der Waals surface area contributed by atoms with Crippen molar-refractivity contribution in [2.24, 2.45) is 0 Å². The van der Waals surface area contributed by atoms with E-state index in [4.69, 9.17) is 26.1 Å². The Kier molecular flexibility index (Phi) is 11.5. The number of imidazole rings is 1. The standard InChI is InChI=1S/C35H43ClN4O3/c1-28-11-8-14-32-35(28)37-33(27-42-31-17-15-30(36)16-18-31)40(32)24-10-23-39(22-9-21-38-19-6-3-7-20-38)25-34(41)43-26-29-12-4-2-5-13-29/h2,4-5,8,11-18H,3,6-7,9-10,19-27H2,1H3. The SMILES string of the molecule is Cc1cccc2c1nc(COc1ccc(Cl)cc1)n2CCCN(CCCN1CCCCC1)CC(=O)OCc1ccccc1. The van der Waals surface area contributed by atoms with Gasteiger partial charge in [0.2, 0.25) is 0 Å². The van der Waals surface area contributed by atoms with Crippen LogP contribution in [0.1, 0.15) is 49.1 Å². The highest BCUT2D eigenvalue weighted by atomic mass is 35.5. The molecule has 1 aliphatic heterocycles. The van der Waals surface area contributed by atoms with Gasteiger partial charge in [0.15, 0.2) is 0 Å². The number of likely N-dealkylation sites (tertiary alicyclic amines) is 1. The first-order valence-electron chi connectivity index (χ1n) is 15.5. The fourth-order valence-corrected chi connectivity index (χ4v) is 5.89. The van der Waals surface area contributed by atoms with Gasteiger partial charge in [-0.3, -0.25) is 9.69 Å². The van der Waals surface area contributed by atoms with Gasteiger partial charge >= 0.3 is 5.97 Å². The van der Waals surface area contributed by atoms with E-state index in [0.29, 0.717) is 24.8 Å². The average Bonchev–Trinajstić information content (AvgIpc) is 3.39. The lowest BCUT2D eigenvalue weighted by Gasteiger charge is -2.28. The fourth-order valence-electron chi connectivity index (χ4n) is 5.76. The molecule has 1 fully saturated rings. The Bertz CT molecular complexity index is 1440. The van der Waals surface area contributed by atoms with Crippen LogP contribution in [-0.2, 0) is 29.3 Å². The number of aryl methyl sites for hydroxylation is 2. The monoisotopic (exact) mass is 602 g/mol. The first-order valence-corrected chi connectivity index (χ1v) is 15.9. The molecule has 0 spiro atoms. The quantitative estimate of drug-likeness (QED) is 0.138. The van der Waals surface area contributed by atoms with Crippen molar-refractivity contribution >= 4 is 28.6 Å². The summed E-state index contributed by atoms with van der Waals surface area (Å²) in [6.45, 7) is 8.95. The van der Waals surface area contributed by atoms with Crippen LogP contribution in [-0.4, -0.2) is 64.6 Å². The molecule has 7 nitrogen and oxygen atoms in total. The van der Waals surface area contributed by atoms with Crippen molar-refractivity contribution in [2.75, 3.05) is 39.3 Å². The second kappa shape index (κ2) is 15.9. The largest absolute Gasteiger partial charge is 0.486 e. The summed E-state index contributed by atoms with van der Waals surface area (Å²) >= 11 is 6.05. The van der Waals surface area contributed by atoms with Gasteiger partial charge in [-0.1, -0.05) is 60.5 Å². The number of piperidine rings is 1. The van der Waals surface area contributed by atoms with Crippen LogP contribution in [0, 0.1) is 6.92 Å². The van der Waals surface area contributed by atoms with Gasteiger partial charge in [-0.2, -0.15) is 0 Å². The number of halogens is 1. The third kappa shape index (κ3) is 9.30. The molecule has 2 heterocycles. The zero-order chi connectivity index (χ0) is 29.9. The van der Waals surface area contributed by atoms with Crippen molar-refractivity contribution in [2.45, 2.75) is 58.8 Å². The maximum Gasteiger partial charge on any atom is 0.320 e. The molecule has 228 valence electrons. The van der Waals surface area contributed by atoms with E-state index in [1.807, 2.05) is 54.6 Å². The number of benzene rings is 3. The number of para-hydroxylation sites is 1. The molecule has 4 aromatic rings. The van der Waals surface area contributed by atoms with Crippen LogP contribution in [0.4, 0.5) is 0 Å². The van der Waals surface area contributed by atoms with Gasteiger partial charge in [-0.25, -0.2) is 4.98 Å². The number of carbonyl (C=O) groups excluding carboxylic acids is 1. The summed E-state index contributed by atoms with van der Waals surface area (Å²) in [6.07, 6.45) is 5.84. The van der Waals surface area contributed by atoms with Crippen molar-refractivity contribution < 1.29 is 14.3 Å². The molecule has 5 rings (SSSR count). The summed E-state index contributed by atoms with van der Waals surface area (Å²) in [5, 5.41) is 0.680. The molecule has 43 heavy (non-hydrogen) atoms. The molecule has 8 heteroatoms. The summed E-state index contributed by atoms with van der Waals surface area (Å²) < 4.78 is 14.0. The van der Waals surface area contributed by atoms with E-state index in [-0.39, 0.29) is 5.97 Å². The number of rotatable bonds is 15. The zero-order valence-electron chi connectivity index (χ0n) is 25.2. The van der Waals surface area contributed by atoms with E-state index < -0.39 is 0 Å². The number of nitrogens with zero attached hydrogens (tertiary/aromatic N) is 4. The average molecular weight is 603 g/mol. The maximum atomic E-state index is 12.9. The molecule has 3 aromatic carbocycles. The molecule has 1 saturated heterocycles. The van der Waals surface area contributed by atoms with E-state index in [1.54, 1.807) is 0 Å². The number of carbonyl (C=O) groups is 1. The van der Waals surface area contributed by atoms with Gasteiger partial charge in [0, 0.05) is 18.1 Å². The predicted molar refractivity (Wildman–Crippen MR) is 172 cm³/mol. The number of hydrogen-bond donors (Lipinski definition) is 0. The van der Waals surface area contributed by atoms with Crippen molar-refractivity contribution in [1.82, 2.24) is 19.4 Å². The Hall–Kier alpha value is -3.39. The summed E-state index contributed by atoms with van der Waals surface area (Å²) in [7, 11) is 0. The van der Waals surface area contributed by atoms with Crippen LogP contribution < -0.4 is 4.74 Å². The van der Waals surface area contributed by atoms with Crippen LogP contribution in [0.25, 0.3) is 11.0 Å². The molecular weight excluding hydrogens is 560 g/mol. The summed E-state index contributed by atoms with van der Waals surface area (Å²) in [6, 6.07) is 23.6. The Labute approximate surface area is 260 Å². The van der Waals surface area contributed by atoms with E-state index in [1.165, 1.54) is 32.4 Å². The molecule has 0 N–H and O–H groups in total. The topological polar surface area (TPSA) is 59.8 Å². The Morgan fingerprint density at radius 3 is 2.40 bits per heavy atom. The van der Waals surface area contributed by atoms with Gasteiger partial charge in [0.25, 0.3) is 0 Å². The minimum Gasteiger partial charge on any atom is -0.486 e. The summed E-state index contributed by atoms with van der Waals surface area (Å²) in [5.74, 6) is 1.47. The van der Waals surface area contributed by atoms with Crippen LogP contribution in [0.5, 0.6) is 5.75 Å². The normalized spacial score (nSPS) is 13.9. The van der Waals surface area contributed by atoms with Crippen LogP contribution >= 0.6 is 11.6 Å². The van der Waals surface area contributed by atoms with Gasteiger partial charge < -0.3 is 18.9 Å². The Balaban J connectivity index is 1.22. The van der Waals surface area contributed by atoms with E-state index in [0.717, 1.165) is 72.8 Å². The van der Waals surface area contributed by atoms with Crippen molar-refractivity contribution in [1.29, 1.82) is 0 Å². The number of ether oxygens (including phenoxy) is 2. The van der Waals surface area contributed by atoms with Gasteiger partial charge in [-0.05, 0) is 100 Å². The van der Waals surface area contributed by atoms with Crippen LogP contribution in [0.15, 0.2) is 72.8 Å².